The molecule has 0 aliphatic rings. The molecule has 23 heavy (non-hydrogen) atoms. The Morgan fingerprint density at radius 1 is 0.870 bits per heavy atom. The molecule has 0 spiro atoms. The number of aryl methyl sites for hydroxylation is 1. The third-order valence-corrected chi connectivity index (χ3v) is 3.57. The van der Waals surface area contributed by atoms with Crippen LogP contribution in [-0.4, -0.2) is 24.9 Å². The SMILES string of the molecule is O=C(CCc1ccccc1)NCCNC(=O)c1ccc(Cl)cc1. The molecule has 2 rings (SSSR count). The molecule has 0 aromatic heterocycles. The molecule has 2 amide bonds. The summed E-state index contributed by atoms with van der Waals surface area (Å²) in [6, 6.07) is 16.5. The number of nitrogens with one attached hydrogen (secondary N) is 2. The van der Waals surface area contributed by atoms with Crippen molar-refractivity contribution in [1.82, 2.24) is 10.6 Å². The maximum atomic E-state index is 11.8. The van der Waals surface area contributed by atoms with E-state index in [1.54, 1.807) is 24.3 Å². The van der Waals surface area contributed by atoms with Gasteiger partial charge in [-0.3, -0.25) is 9.59 Å². The van der Waals surface area contributed by atoms with Crippen molar-refractivity contribution in [3.05, 3.63) is 70.7 Å². The van der Waals surface area contributed by atoms with Gasteiger partial charge < -0.3 is 10.6 Å². The highest BCUT2D eigenvalue weighted by Crippen LogP contribution is 2.09. The smallest absolute Gasteiger partial charge is 0.251 e. The molecule has 0 atom stereocenters. The number of rotatable bonds is 7. The minimum Gasteiger partial charge on any atom is -0.354 e. The predicted octanol–water partition coefficient (Wildman–Crippen LogP) is 2.82. The second kappa shape index (κ2) is 8.96. The van der Waals surface area contributed by atoms with Gasteiger partial charge in [0.15, 0.2) is 0 Å². The van der Waals surface area contributed by atoms with E-state index >= 15 is 0 Å². The third-order valence-electron chi connectivity index (χ3n) is 3.32. The van der Waals surface area contributed by atoms with Crippen LogP contribution < -0.4 is 10.6 Å². The van der Waals surface area contributed by atoms with Crippen molar-refractivity contribution in [2.75, 3.05) is 13.1 Å². The number of benzene rings is 2. The van der Waals surface area contributed by atoms with E-state index in [0.29, 0.717) is 36.5 Å². The van der Waals surface area contributed by atoms with E-state index in [4.69, 9.17) is 11.6 Å². The summed E-state index contributed by atoms with van der Waals surface area (Å²) in [7, 11) is 0. The Balaban J connectivity index is 1.62. The van der Waals surface area contributed by atoms with Gasteiger partial charge in [-0.2, -0.15) is 0 Å². The molecule has 0 aliphatic heterocycles. The van der Waals surface area contributed by atoms with Crippen molar-refractivity contribution in [2.24, 2.45) is 0 Å². The molecule has 0 saturated heterocycles. The maximum absolute atomic E-state index is 11.8. The van der Waals surface area contributed by atoms with Gasteiger partial charge in [0.25, 0.3) is 5.91 Å². The standard InChI is InChI=1S/C18H19ClN2O2/c19-16-9-7-15(8-10-16)18(23)21-13-12-20-17(22)11-6-14-4-2-1-3-5-14/h1-5,7-10H,6,11-13H2,(H,20,22)(H,21,23). The minimum absolute atomic E-state index is 0.0189. The number of carbonyl (C=O) groups excluding carboxylic acids is 2. The van der Waals surface area contributed by atoms with Crippen LogP contribution in [0.15, 0.2) is 54.6 Å². The van der Waals surface area contributed by atoms with Gasteiger partial charge >= 0.3 is 0 Å². The molecule has 2 N–H and O–H groups in total. The molecule has 0 heterocycles. The van der Waals surface area contributed by atoms with Gasteiger partial charge in [0.2, 0.25) is 5.91 Å². The summed E-state index contributed by atoms with van der Waals surface area (Å²) in [5.41, 5.74) is 1.68. The zero-order valence-electron chi connectivity index (χ0n) is 12.7. The lowest BCUT2D eigenvalue weighted by molar-refractivity contribution is -0.121. The van der Waals surface area contributed by atoms with Crippen LogP contribution in [0.3, 0.4) is 0 Å². The second-order valence-corrected chi connectivity index (χ2v) is 5.53. The molecule has 0 saturated carbocycles. The van der Waals surface area contributed by atoms with Crippen LogP contribution in [0.25, 0.3) is 0 Å². The Kier molecular flexibility index (Phi) is 6.63. The lowest BCUT2D eigenvalue weighted by Crippen LogP contribution is -2.34. The summed E-state index contributed by atoms with van der Waals surface area (Å²) in [6.07, 6.45) is 1.15. The number of hydrogen-bond acceptors (Lipinski definition) is 2. The lowest BCUT2D eigenvalue weighted by Gasteiger charge is -2.07. The molecule has 5 heteroatoms. The summed E-state index contributed by atoms with van der Waals surface area (Å²) in [5.74, 6) is -0.199. The van der Waals surface area contributed by atoms with E-state index in [1.807, 2.05) is 30.3 Å². The molecule has 4 nitrogen and oxygen atoms in total. The lowest BCUT2D eigenvalue weighted by atomic mass is 10.1. The van der Waals surface area contributed by atoms with Gasteiger partial charge in [-0.05, 0) is 36.2 Å². The van der Waals surface area contributed by atoms with E-state index in [1.165, 1.54) is 0 Å². The van der Waals surface area contributed by atoms with Crippen LogP contribution in [0, 0.1) is 0 Å². The van der Waals surface area contributed by atoms with Crippen LogP contribution in [0.1, 0.15) is 22.3 Å². The van der Waals surface area contributed by atoms with Gasteiger partial charge in [-0.15, -0.1) is 0 Å². The zero-order valence-corrected chi connectivity index (χ0v) is 13.5. The van der Waals surface area contributed by atoms with Crippen LogP contribution in [0.5, 0.6) is 0 Å². The molecule has 2 aromatic rings. The number of amides is 2. The van der Waals surface area contributed by atoms with Crippen LogP contribution in [-0.2, 0) is 11.2 Å². The Morgan fingerprint density at radius 3 is 2.22 bits per heavy atom. The first-order valence-corrected chi connectivity index (χ1v) is 7.87. The molecular formula is C18H19ClN2O2. The van der Waals surface area contributed by atoms with E-state index in [2.05, 4.69) is 10.6 Å². The largest absolute Gasteiger partial charge is 0.354 e. The minimum atomic E-state index is -0.180. The first-order valence-electron chi connectivity index (χ1n) is 7.49. The van der Waals surface area contributed by atoms with E-state index in [9.17, 15) is 9.59 Å². The van der Waals surface area contributed by atoms with Gasteiger partial charge in [-0.1, -0.05) is 41.9 Å². The van der Waals surface area contributed by atoms with Crippen molar-refractivity contribution >= 4 is 23.4 Å². The average Bonchev–Trinajstić information content (AvgIpc) is 2.58. The molecule has 2 aromatic carbocycles. The summed E-state index contributed by atoms with van der Waals surface area (Å²) >= 11 is 5.77. The molecule has 0 unspecified atom stereocenters. The molecule has 0 bridgehead atoms. The first kappa shape index (κ1) is 17.0. The molecule has 0 fully saturated rings. The highest BCUT2D eigenvalue weighted by molar-refractivity contribution is 6.30. The average molecular weight is 331 g/mol. The molecule has 0 aliphatic carbocycles. The molecule has 120 valence electrons. The Labute approximate surface area is 140 Å². The summed E-state index contributed by atoms with van der Waals surface area (Å²) < 4.78 is 0. The summed E-state index contributed by atoms with van der Waals surface area (Å²) in [6.45, 7) is 0.797. The van der Waals surface area contributed by atoms with Crippen molar-refractivity contribution < 1.29 is 9.59 Å². The Hall–Kier alpha value is -2.33. The van der Waals surface area contributed by atoms with Crippen LogP contribution >= 0.6 is 11.6 Å². The van der Waals surface area contributed by atoms with Crippen molar-refractivity contribution in [1.29, 1.82) is 0 Å². The van der Waals surface area contributed by atoms with Crippen LogP contribution in [0.4, 0.5) is 0 Å². The Bertz CT molecular complexity index is 642. The topological polar surface area (TPSA) is 58.2 Å². The van der Waals surface area contributed by atoms with E-state index < -0.39 is 0 Å². The third kappa shape index (κ3) is 6.12. The van der Waals surface area contributed by atoms with Crippen LogP contribution in [0.2, 0.25) is 5.02 Å². The second-order valence-electron chi connectivity index (χ2n) is 5.10. The first-order chi connectivity index (χ1) is 11.1. The highest BCUT2D eigenvalue weighted by Gasteiger charge is 2.05. The molecular weight excluding hydrogens is 312 g/mol. The summed E-state index contributed by atoms with van der Waals surface area (Å²) in [4.78, 5) is 23.6. The quantitative estimate of drug-likeness (QED) is 0.767. The maximum Gasteiger partial charge on any atom is 0.251 e. The fourth-order valence-electron chi connectivity index (χ4n) is 2.07. The highest BCUT2D eigenvalue weighted by atomic mass is 35.5. The number of halogens is 1. The fraction of sp³-hybridized carbons (Fsp3) is 0.222. The monoisotopic (exact) mass is 330 g/mol. The Morgan fingerprint density at radius 2 is 1.52 bits per heavy atom. The number of hydrogen-bond donors (Lipinski definition) is 2. The normalized spacial score (nSPS) is 10.1. The fourth-order valence-corrected chi connectivity index (χ4v) is 2.20. The van der Waals surface area contributed by atoms with Crippen molar-refractivity contribution in [3.8, 4) is 0 Å². The van der Waals surface area contributed by atoms with E-state index in [-0.39, 0.29) is 11.8 Å². The predicted molar refractivity (Wildman–Crippen MR) is 91.6 cm³/mol. The van der Waals surface area contributed by atoms with Crippen molar-refractivity contribution in [3.63, 3.8) is 0 Å². The van der Waals surface area contributed by atoms with Gasteiger partial charge in [0, 0.05) is 30.1 Å². The van der Waals surface area contributed by atoms with Crippen molar-refractivity contribution in [2.45, 2.75) is 12.8 Å². The molecule has 0 radical (unpaired) electrons. The van der Waals surface area contributed by atoms with Gasteiger partial charge in [0.1, 0.15) is 0 Å². The van der Waals surface area contributed by atoms with Gasteiger partial charge in [-0.25, -0.2) is 0 Å². The van der Waals surface area contributed by atoms with Gasteiger partial charge in [0.05, 0.1) is 0 Å². The zero-order chi connectivity index (χ0) is 16.5. The van der Waals surface area contributed by atoms with E-state index in [0.717, 1.165) is 5.56 Å². The number of carbonyl (C=O) groups is 2. The summed E-state index contributed by atoms with van der Waals surface area (Å²) in [5, 5.41) is 6.13.